The van der Waals surface area contributed by atoms with Crippen LogP contribution in [0.1, 0.15) is 10.4 Å². The van der Waals surface area contributed by atoms with Gasteiger partial charge >= 0.3 is 35.5 Å². The van der Waals surface area contributed by atoms with Crippen LogP contribution >= 0.6 is 0 Å². The van der Waals surface area contributed by atoms with Gasteiger partial charge < -0.3 is 19.7 Å². The minimum Gasteiger partial charge on any atom is -0.870 e. The molecule has 0 radical (unpaired) electrons. The molecule has 0 aliphatic heterocycles. The summed E-state index contributed by atoms with van der Waals surface area (Å²) in [5.74, 6) is -2.89. The van der Waals surface area contributed by atoms with Gasteiger partial charge in [-0.1, -0.05) is 0 Å². The molecule has 0 fully saturated rings. The minimum absolute atomic E-state index is 0. The van der Waals surface area contributed by atoms with Gasteiger partial charge in [-0.3, -0.25) is 0 Å². The molecule has 8 heteroatoms. The number of furan rings is 1. The molecule has 2 aromatic carbocycles. The molecule has 2 N–H and O–H groups in total. The summed E-state index contributed by atoms with van der Waals surface area (Å²) in [6, 6.07) is 7.78. The topological polar surface area (TPSA) is 89.7 Å². The normalized spacial score (nSPS) is 9.96. The zero-order valence-electron chi connectivity index (χ0n) is 12.8. The Kier molecular flexibility index (Phi) is 6.50. The minimum atomic E-state index is -1.23. The van der Waals surface area contributed by atoms with Crippen LogP contribution in [0.4, 0.5) is 8.78 Å². The monoisotopic (exact) mass is 344 g/mol. The van der Waals surface area contributed by atoms with Crippen molar-refractivity contribution in [1.82, 2.24) is 0 Å². The smallest absolute Gasteiger partial charge is 0.870 e. The van der Waals surface area contributed by atoms with Gasteiger partial charge in [-0.25, -0.2) is 13.6 Å². The molecule has 0 unspecified atom stereocenters. The maximum absolute atomic E-state index is 13.4. The number of halogens is 2. The van der Waals surface area contributed by atoms with Gasteiger partial charge in [0.1, 0.15) is 22.7 Å². The van der Waals surface area contributed by atoms with Crippen LogP contribution in [0, 0.1) is 11.6 Å². The quantitative estimate of drug-likeness (QED) is 0.714. The van der Waals surface area contributed by atoms with E-state index >= 15 is 0 Å². The Morgan fingerprint density at radius 2 is 1.83 bits per heavy atom. The largest absolute Gasteiger partial charge is 1.00 e. The summed E-state index contributed by atoms with van der Waals surface area (Å²) in [4.78, 5) is 11.6. The molecule has 0 aliphatic carbocycles. The van der Waals surface area contributed by atoms with Gasteiger partial charge in [0.2, 0.25) is 0 Å². The van der Waals surface area contributed by atoms with Crippen molar-refractivity contribution in [3.63, 3.8) is 0 Å². The fourth-order valence-corrected chi connectivity index (χ4v) is 2.26. The van der Waals surface area contributed by atoms with Crippen LogP contribution in [0.25, 0.3) is 22.3 Å². The average Bonchev–Trinajstić information content (AvgIpc) is 2.88. The molecule has 3 rings (SSSR count). The molecule has 1 aromatic heterocycles. The predicted octanol–water partition coefficient (Wildman–Crippen LogP) is 0.912. The Bertz CT molecular complexity index is 892. The van der Waals surface area contributed by atoms with Crippen molar-refractivity contribution in [2.75, 3.05) is 7.11 Å². The van der Waals surface area contributed by atoms with E-state index in [-0.39, 0.29) is 51.9 Å². The fraction of sp³-hybridized carbons (Fsp3) is 0.0625. The number of hydrogen-bond acceptors (Lipinski definition) is 4. The van der Waals surface area contributed by atoms with E-state index < -0.39 is 17.6 Å². The second kappa shape index (κ2) is 7.76. The van der Waals surface area contributed by atoms with Crippen molar-refractivity contribution < 1.29 is 62.9 Å². The van der Waals surface area contributed by atoms with E-state index in [9.17, 15) is 18.7 Å². The summed E-state index contributed by atoms with van der Waals surface area (Å²) >= 11 is 0. The Hall–Kier alpha value is -1.93. The molecule has 0 aliphatic rings. The van der Waals surface area contributed by atoms with Gasteiger partial charge in [0, 0.05) is 10.9 Å². The van der Waals surface area contributed by atoms with Gasteiger partial charge in [0.05, 0.1) is 7.11 Å². The van der Waals surface area contributed by atoms with Gasteiger partial charge in [0.25, 0.3) is 0 Å². The Morgan fingerprint density at radius 1 is 1.12 bits per heavy atom. The summed E-state index contributed by atoms with van der Waals surface area (Å²) in [7, 11) is 1.46. The second-order valence-electron chi connectivity index (χ2n) is 4.60. The van der Waals surface area contributed by atoms with Gasteiger partial charge in [-0.05, 0) is 36.4 Å². The first-order chi connectivity index (χ1) is 10.5. The SMILES string of the molecule is COc1ccc2oc(-c3ccc(F)c(F)c3)c(C(=O)O)c2c1.[Na+].[OH-]. The molecule has 120 valence electrons. The molecule has 3 aromatic rings. The van der Waals surface area contributed by atoms with Gasteiger partial charge in [0.15, 0.2) is 11.6 Å². The predicted molar refractivity (Wildman–Crippen MR) is 77.0 cm³/mol. The van der Waals surface area contributed by atoms with Crippen molar-refractivity contribution in [3.05, 3.63) is 53.6 Å². The van der Waals surface area contributed by atoms with E-state index in [1.165, 1.54) is 19.2 Å². The standard InChI is InChI=1S/C16H10F2O4.Na.H2O/c1-21-9-3-5-13-10(7-9)14(16(19)20)15(22-13)8-2-4-11(17)12(18)6-8;;/h2-7H,1H3,(H,19,20);;1H2/q;+1;/p-1. The van der Waals surface area contributed by atoms with Crippen molar-refractivity contribution in [3.8, 4) is 17.1 Å². The summed E-state index contributed by atoms with van der Waals surface area (Å²) in [6.07, 6.45) is 0. The van der Waals surface area contributed by atoms with Gasteiger partial charge in [-0.2, -0.15) is 0 Å². The number of hydrogen-bond donors (Lipinski definition) is 1. The Balaban J connectivity index is 0.00000144. The van der Waals surface area contributed by atoms with Gasteiger partial charge in [-0.15, -0.1) is 0 Å². The van der Waals surface area contributed by atoms with Crippen LogP contribution in [0.3, 0.4) is 0 Å². The number of rotatable bonds is 3. The first-order valence-corrected chi connectivity index (χ1v) is 6.30. The molecule has 0 spiro atoms. The zero-order chi connectivity index (χ0) is 15.9. The molecule has 0 atom stereocenters. The van der Waals surface area contributed by atoms with Crippen LogP contribution in [0.15, 0.2) is 40.8 Å². The number of carboxylic acid groups (broad SMARTS) is 1. The van der Waals surface area contributed by atoms with E-state index in [1.807, 2.05) is 0 Å². The van der Waals surface area contributed by atoms with E-state index in [1.54, 1.807) is 12.1 Å². The molecular weight excluding hydrogens is 333 g/mol. The van der Waals surface area contributed by atoms with Crippen LogP contribution in [-0.4, -0.2) is 23.7 Å². The number of aromatic carboxylic acids is 1. The van der Waals surface area contributed by atoms with E-state index in [4.69, 9.17) is 9.15 Å². The summed E-state index contributed by atoms with van der Waals surface area (Å²) in [5.41, 5.74) is 0.337. The zero-order valence-corrected chi connectivity index (χ0v) is 14.8. The molecule has 0 amide bonds. The first-order valence-electron chi connectivity index (χ1n) is 6.30. The van der Waals surface area contributed by atoms with Crippen molar-refractivity contribution >= 4 is 16.9 Å². The number of ether oxygens (including phenoxy) is 1. The maximum Gasteiger partial charge on any atom is 1.00 e. The van der Waals surface area contributed by atoms with Crippen LogP contribution in [0.5, 0.6) is 5.75 Å². The Morgan fingerprint density at radius 3 is 2.42 bits per heavy atom. The number of benzene rings is 2. The average molecular weight is 344 g/mol. The van der Waals surface area contributed by atoms with Crippen molar-refractivity contribution in [1.29, 1.82) is 0 Å². The summed E-state index contributed by atoms with van der Waals surface area (Å²) in [5, 5.41) is 9.76. The van der Waals surface area contributed by atoms with Crippen molar-refractivity contribution in [2.24, 2.45) is 0 Å². The summed E-state index contributed by atoms with van der Waals surface area (Å²) in [6.45, 7) is 0. The number of carboxylic acids is 1. The molecule has 24 heavy (non-hydrogen) atoms. The third-order valence-electron chi connectivity index (χ3n) is 3.29. The molecule has 5 nitrogen and oxygen atoms in total. The molecule has 0 saturated heterocycles. The number of fused-ring (bicyclic) bond motifs is 1. The summed E-state index contributed by atoms with van der Waals surface area (Å²) < 4.78 is 37.0. The van der Waals surface area contributed by atoms with Crippen LogP contribution < -0.4 is 34.3 Å². The van der Waals surface area contributed by atoms with Crippen molar-refractivity contribution in [2.45, 2.75) is 0 Å². The third-order valence-corrected chi connectivity index (χ3v) is 3.29. The number of carbonyl (C=O) groups is 1. The van der Waals surface area contributed by atoms with Crippen LogP contribution in [-0.2, 0) is 0 Å². The van der Waals surface area contributed by atoms with E-state index in [0.717, 1.165) is 12.1 Å². The molecule has 0 saturated carbocycles. The fourth-order valence-electron chi connectivity index (χ4n) is 2.26. The molecular formula is C16H11F2NaO5. The number of methoxy groups -OCH3 is 1. The molecule has 1 heterocycles. The maximum atomic E-state index is 13.4. The van der Waals surface area contributed by atoms with E-state index in [0.29, 0.717) is 16.7 Å². The van der Waals surface area contributed by atoms with E-state index in [2.05, 4.69) is 0 Å². The Labute approximate surface area is 157 Å². The van der Waals surface area contributed by atoms with Crippen LogP contribution in [0.2, 0.25) is 0 Å². The first kappa shape index (κ1) is 20.1. The third kappa shape index (κ3) is 3.44. The molecule has 0 bridgehead atoms. The second-order valence-corrected chi connectivity index (χ2v) is 4.60.